The number of aliphatic hydroxyl groups excluding tert-OH is 1. The zero-order valence-corrected chi connectivity index (χ0v) is 21.0. The fourth-order valence-electron chi connectivity index (χ4n) is 5.17. The molecule has 0 spiro atoms. The molecule has 41 heavy (non-hydrogen) atoms. The number of carbonyl (C=O) groups excluding carboxylic acids is 1. The van der Waals surface area contributed by atoms with Gasteiger partial charge >= 0.3 is 24.2 Å². The quantitative estimate of drug-likeness (QED) is 0.381. The average Bonchev–Trinajstić information content (AvgIpc) is 2.87. The summed E-state index contributed by atoms with van der Waals surface area (Å²) in [5.41, 5.74) is -0.663. The molecular formula is C24H25F10N5O2. The van der Waals surface area contributed by atoms with E-state index in [2.05, 4.69) is 20.6 Å². The third-order valence-electron chi connectivity index (χ3n) is 7.50. The lowest BCUT2D eigenvalue weighted by atomic mass is 9.78. The highest BCUT2D eigenvalue weighted by atomic mass is 19.4. The van der Waals surface area contributed by atoms with E-state index in [4.69, 9.17) is 0 Å². The normalized spacial score (nSPS) is 22.3. The molecule has 1 aliphatic carbocycles. The smallest absolute Gasteiger partial charge is 0.386 e. The van der Waals surface area contributed by atoms with Crippen molar-refractivity contribution in [3.8, 4) is 0 Å². The van der Waals surface area contributed by atoms with Crippen molar-refractivity contribution in [3.63, 3.8) is 0 Å². The fraction of sp³-hybridized carbons (Fsp3) is 0.625. The molecule has 7 nitrogen and oxygen atoms in total. The number of hydrogen-bond acceptors (Lipinski definition) is 6. The van der Waals surface area contributed by atoms with Crippen LogP contribution in [-0.4, -0.2) is 81.7 Å². The molecule has 0 bridgehead atoms. The van der Waals surface area contributed by atoms with E-state index < -0.39 is 47.7 Å². The Balaban J connectivity index is 1.23. The summed E-state index contributed by atoms with van der Waals surface area (Å²) in [4.78, 5) is 22.1. The van der Waals surface area contributed by atoms with E-state index in [-0.39, 0.29) is 61.0 Å². The number of likely N-dealkylation sites (tertiary alicyclic amines) is 1. The molecular weight excluding hydrogens is 580 g/mol. The number of nitrogens with one attached hydrogen (secondary N) is 2. The van der Waals surface area contributed by atoms with Crippen molar-refractivity contribution in [1.82, 2.24) is 20.2 Å². The maximum Gasteiger partial charge on any atom is 0.459 e. The van der Waals surface area contributed by atoms with E-state index in [1.165, 1.54) is 6.07 Å². The van der Waals surface area contributed by atoms with Crippen molar-refractivity contribution in [2.45, 2.75) is 68.1 Å². The monoisotopic (exact) mass is 605 g/mol. The molecule has 1 saturated heterocycles. The van der Waals surface area contributed by atoms with Crippen LogP contribution in [0.5, 0.6) is 0 Å². The van der Waals surface area contributed by atoms with Gasteiger partial charge in [0.25, 0.3) is 0 Å². The van der Waals surface area contributed by atoms with Crippen LogP contribution in [0.25, 0.3) is 10.9 Å². The number of aromatic nitrogens is 2. The third-order valence-corrected chi connectivity index (χ3v) is 7.50. The Morgan fingerprint density at radius 2 is 1.61 bits per heavy atom. The minimum absolute atomic E-state index is 0.0315. The average molecular weight is 605 g/mol. The predicted octanol–water partition coefficient (Wildman–Crippen LogP) is 4.61. The number of alkyl halides is 10. The van der Waals surface area contributed by atoms with Gasteiger partial charge in [-0.25, -0.2) is 9.97 Å². The lowest BCUT2D eigenvalue weighted by Gasteiger charge is -2.47. The molecule has 1 aromatic heterocycles. The van der Waals surface area contributed by atoms with Crippen LogP contribution < -0.4 is 10.6 Å². The Labute approximate surface area is 226 Å². The highest BCUT2D eigenvalue weighted by molar-refractivity contribution is 5.91. The SMILES string of the molecule is O=C(CNc1ncnc2ccc(C(F)(F)F)cc12)NC1CN([C@H]2CC[C@H](C(O)C(F)(F)C(F)(F)C(F)(F)F)CC2)C1. The van der Waals surface area contributed by atoms with Crippen LogP contribution in [0, 0.1) is 5.92 Å². The minimum atomic E-state index is -6.51. The van der Waals surface area contributed by atoms with Crippen LogP contribution in [0.3, 0.4) is 0 Å². The highest BCUT2D eigenvalue weighted by Gasteiger charge is 2.76. The molecule has 2 heterocycles. The predicted molar refractivity (Wildman–Crippen MR) is 124 cm³/mol. The minimum Gasteiger partial charge on any atom is -0.386 e. The van der Waals surface area contributed by atoms with E-state index in [0.29, 0.717) is 13.1 Å². The fourth-order valence-corrected chi connectivity index (χ4v) is 5.17. The number of benzene rings is 1. The molecule has 2 aromatic rings. The lowest BCUT2D eigenvalue weighted by Crippen LogP contribution is -2.63. The third kappa shape index (κ3) is 6.29. The molecule has 1 aliphatic heterocycles. The number of carbonyl (C=O) groups is 1. The van der Waals surface area contributed by atoms with Crippen molar-refractivity contribution in [1.29, 1.82) is 0 Å². The Kier molecular flexibility index (Phi) is 8.34. The van der Waals surface area contributed by atoms with Gasteiger partial charge in [0.1, 0.15) is 18.2 Å². The van der Waals surface area contributed by atoms with Crippen molar-refractivity contribution < 1.29 is 53.8 Å². The van der Waals surface area contributed by atoms with Crippen LogP contribution >= 0.6 is 0 Å². The van der Waals surface area contributed by atoms with Crippen LogP contribution in [0.4, 0.5) is 49.7 Å². The topological polar surface area (TPSA) is 90.4 Å². The van der Waals surface area contributed by atoms with Crippen LogP contribution in [0.1, 0.15) is 31.2 Å². The standard InChI is InChI=1S/C24H25F10N5O2/c25-21(26,23(30,31)24(32,33)34)19(41)12-1-4-15(5-2-12)39-9-14(10-39)38-18(40)8-35-20-16-7-13(22(27,28)29)3-6-17(16)36-11-37-20/h3,6-7,11-12,14-15,19,41H,1-2,4-5,8-10H2,(H,38,40)(H,35,36,37)/t12-,15-,19?. The second kappa shape index (κ2) is 11.0. The summed E-state index contributed by atoms with van der Waals surface area (Å²) in [6, 6.07) is 2.43. The molecule has 228 valence electrons. The maximum atomic E-state index is 13.9. The summed E-state index contributed by atoms with van der Waals surface area (Å²) in [5.74, 6) is -13.9. The number of anilines is 1. The molecule has 2 aliphatic rings. The first-order valence-corrected chi connectivity index (χ1v) is 12.5. The van der Waals surface area contributed by atoms with Gasteiger partial charge in [-0.3, -0.25) is 9.69 Å². The van der Waals surface area contributed by atoms with Gasteiger partial charge in [-0.2, -0.15) is 43.9 Å². The van der Waals surface area contributed by atoms with Gasteiger partial charge in [0.05, 0.1) is 23.7 Å². The van der Waals surface area contributed by atoms with E-state index in [1.807, 2.05) is 4.90 Å². The second-order valence-corrected chi connectivity index (χ2v) is 10.2. The summed E-state index contributed by atoms with van der Waals surface area (Å²) in [6.07, 6.45) is -13.1. The number of aliphatic hydroxyl groups is 1. The maximum absolute atomic E-state index is 13.9. The van der Waals surface area contributed by atoms with E-state index in [1.54, 1.807) is 0 Å². The van der Waals surface area contributed by atoms with Crippen LogP contribution in [-0.2, 0) is 11.0 Å². The first-order chi connectivity index (χ1) is 18.9. The Morgan fingerprint density at radius 1 is 0.976 bits per heavy atom. The van der Waals surface area contributed by atoms with Gasteiger partial charge in [-0.1, -0.05) is 0 Å². The molecule has 3 N–H and O–H groups in total. The number of halogens is 10. The largest absolute Gasteiger partial charge is 0.459 e. The van der Waals surface area contributed by atoms with Gasteiger partial charge < -0.3 is 15.7 Å². The van der Waals surface area contributed by atoms with Crippen molar-refractivity contribution in [2.75, 3.05) is 25.0 Å². The summed E-state index contributed by atoms with van der Waals surface area (Å²) < 4.78 is 131. The molecule has 1 aromatic carbocycles. The number of hydrogen-bond donors (Lipinski definition) is 3. The number of amides is 1. The van der Waals surface area contributed by atoms with Crippen molar-refractivity contribution in [2.24, 2.45) is 5.92 Å². The Bertz CT molecular complexity index is 1240. The first-order valence-electron chi connectivity index (χ1n) is 12.5. The van der Waals surface area contributed by atoms with Gasteiger partial charge in [-0.15, -0.1) is 0 Å². The number of rotatable bonds is 8. The zero-order chi connectivity index (χ0) is 30.4. The summed E-state index contributed by atoms with van der Waals surface area (Å²) >= 11 is 0. The second-order valence-electron chi connectivity index (χ2n) is 10.2. The van der Waals surface area contributed by atoms with Crippen LogP contribution in [0.15, 0.2) is 24.5 Å². The number of nitrogens with zero attached hydrogens (tertiary/aromatic N) is 3. The van der Waals surface area contributed by atoms with E-state index >= 15 is 0 Å². The summed E-state index contributed by atoms with van der Waals surface area (Å²) in [5, 5.41) is 15.2. The molecule has 1 unspecified atom stereocenters. The molecule has 1 saturated carbocycles. The Hall–Kier alpha value is -2.95. The van der Waals surface area contributed by atoms with Gasteiger partial charge in [0, 0.05) is 24.5 Å². The molecule has 0 radical (unpaired) electrons. The number of fused-ring (bicyclic) bond motifs is 1. The summed E-state index contributed by atoms with van der Waals surface area (Å²) in [6.45, 7) is 0.410. The summed E-state index contributed by atoms with van der Waals surface area (Å²) in [7, 11) is 0. The van der Waals surface area contributed by atoms with Crippen molar-refractivity contribution in [3.05, 3.63) is 30.1 Å². The molecule has 1 amide bonds. The molecule has 17 heteroatoms. The van der Waals surface area contributed by atoms with Gasteiger partial charge in [0.2, 0.25) is 5.91 Å². The van der Waals surface area contributed by atoms with E-state index in [0.717, 1.165) is 18.5 Å². The first kappa shape index (κ1) is 31.0. The zero-order valence-electron chi connectivity index (χ0n) is 21.0. The molecule has 2 fully saturated rings. The lowest BCUT2D eigenvalue weighted by molar-refractivity contribution is -0.375. The molecule has 4 rings (SSSR count). The highest BCUT2D eigenvalue weighted by Crippen LogP contribution is 2.50. The Morgan fingerprint density at radius 3 is 2.20 bits per heavy atom. The van der Waals surface area contributed by atoms with Gasteiger partial charge in [-0.05, 0) is 49.8 Å². The van der Waals surface area contributed by atoms with Gasteiger partial charge in [0.15, 0.2) is 0 Å². The van der Waals surface area contributed by atoms with E-state index in [9.17, 15) is 53.8 Å². The van der Waals surface area contributed by atoms with Crippen molar-refractivity contribution >= 4 is 22.6 Å². The molecule has 1 atom stereocenters. The van der Waals surface area contributed by atoms with Crippen LogP contribution in [0.2, 0.25) is 0 Å².